The molecule has 1 unspecified atom stereocenters. The predicted octanol–water partition coefficient (Wildman–Crippen LogP) is 0.857. The largest absolute Gasteiger partial charge is 0.364 e. The quantitative estimate of drug-likeness (QED) is 0.773. The van der Waals surface area contributed by atoms with Gasteiger partial charge in [-0.2, -0.15) is 9.61 Å². The van der Waals surface area contributed by atoms with Crippen LogP contribution in [0.1, 0.15) is 12.2 Å². The van der Waals surface area contributed by atoms with Crippen molar-refractivity contribution in [3.05, 3.63) is 30.2 Å². The fourth-order valence-electron chi connectivity index (χ4n) is 2.84. The summed E-state index contributed by atoms with van der Waals surface area (Å²) in [6.07, 6.45) is 3.04. The number of hydrogen-bond acceptors (Lipinski definition) is 6. The summed E-state index contributed by atoms with van der Waals surface area (Å²) in [5.41, 5.74) is 0.768. The van der Waals surface area contributed by atoms with Crippen molar-refractivity contribution >= 4 is 17.3 Å². The van der Waals surface area contributed by atoms with Crippen LogP contribution in [-0.4, -0.2) is 48.7 Å². The SMILES string of the molecule is Cc1nnc2ccc(NC3CCN(c4ccn(C)n4)C3)nn12. The summed E-state index contributed by atoms with van der Waals surface area (Å²) >= 11 is 0. The van der Waals surface area contributed by atoms with Crippen molar-refractivity contribution < 1.29 is 0 Å². The van der Waals surface area contributed by atoms with Crippen LogP contribution in [-0.2, 0) is 7.05 Å². The predicted molar refractivity (Wildman–Crippen MR) is 83.0 cm³/mol. The van der Waals surface area contributed by atoms with Gasteiger partial charge in [0.2, 0.25) is 0 Å². The average Bonchev–Trinajstić information content (AvgIpc) is 3.21. The highest BCUT2D eigenvalue weighted by Gasteiger charge is 2.24. The first kappa shape index (κ1) is 13.1. The van der Waals surface area contributed by atoms with Crippen LogP contribution >= 0.6 is 0 Å². The van der Waals surface area contributed by atoms with Gasteiger partial charge in [-0.3, -0.25) is 4.68 Å². The Morgan fingerprint density at radius 3 is 2.91 bits per heavy atom. The van der Waals surface area contributed by atoms with E-state index in [4.69, 9.17) is 0 Å². The lowest BCUT2D eigenvalue weighted by atomic mass is 10.2. The van der Waals surface area contributed by atoms with Crippen LogP contribution in [0.25, 0.3) is 5.65 Å². The molecule has 1 aliphatic rings. The summed E-state index contributed by atoms with van der Waals surface area (Å²) in [6, 6.07) is 6.30. The highest BCUT2D eigenvalue weighted by atomic mass is 15.4. The number of nitrogens with one attached hydrogen (secondary N) is 1. The molecule has 0 bridgehead atoms. The first-order valence-electron chi connectivity index (χ1n) is 7.39. The number of rotatable bonds is 3. The first-order valence-corrected chi connectivity index (χ1v) is 7.39. The standard InChI is InChI=1S/C14H18N8/c1-10-16-17-13-4-3-12(18-22(10)13)15-11-5-8-21(9-11)14-6-7-20(2)19-14/h3-4,6-7,11H,5,8-9H2,1-2H3,(H,15,18). The Morgan fingerprint density at radius 1 is 1.18 bits per heavy atom. The molecule has 3 aromatic heterocycles. The second kappa shape index (κ2) is 4.97. The Labute approximate surface area is 127 Å². The molecule has 1 aliphatic heterocycles. The third-order valence-electron chi connectivity index (χ3n) is 3.98. The molecule has 1 saturated heterocycles. The van der Waals surface area contributed by atoms with E-state index in [1.54, 1.807) is 4.52 Å². The maximum absolute atomic E-state index is 4.54. The van der Waals surface area contributed by atoms with E-state index >= 15 is 0 Å². The van der Waals surface area contributed by atoms with Crippen molar-refractivity contribution in [3.63, 3.8) is 0 Å². The van der Waals surface area contributed by atoms with Crippen LogP contribution in [0.2, 0.25) is 0 Å². The highest BCUT2D eigenvalue weighted by molar-refractivity contribution is 5.46. The molecule has 4 rings (SSSR count). The number of nitrogens with zero attached hydrogens (tertiary/aromatic N) is 7. The number of hydrogen-bond donors (Lipinski definition) is 1. The van der Waals surface area contributed by atoms with Crippen LogP contribution < -0.4 is 10.2 Å². The molecule has 1 fully saturated rings. The normalized spacial score (nSPS) is 18.3. The molecule has 1 atom stereocenters. The monoisotopic (exact) mass is 298 g/mol. The van der Waals surface area contributed by atoms with Crippen molar-refractivity contribution in [2.45, 2.75) is 19.4 Å². The molecule has 0 aromatic carbocycles. The molecule has 22 heavy (non-hydrogen) atoms. The van der Waals surface area contributed by atoms with E-state index in [2.05, 4.69) is 30.6 Å². The van der Waals surface area contributed by atoms with Crippen LogP contribution in [0, 0.1) is 6.92 Å². The summed E-state index contributed by atoms with van der Waals surface area (Å²) in [5, 5.41) is 20.6. The molecule has 0 radical (unpaired) electrons. The van der Waals surface area contributed by atoms with Crippen molar-refractivity contribution in [3.8, 4) is 0 Å². The van der Waals surface area contributed by atoms with E-state index in [-0.39, 0.29) is 0 Å². The molecule has 0 saturated carbocycles. The Morgan fingerprint density at radius 2 is 2.09 bits per heavy atom. The van der Waals surface area contributed by atoms with Crippen molar-refractivity contribution in [1.82, 2.24) is 29.6 Å². The minimum absolute atomic E-state index is 0.365. The van der Waals surface area contributed by atoms with Gasteiger partial charge >= 0.3 is 0 Å². The third-order valence-corrected chi connectivity index (χ3v) is 3.98. The van der Waals surface area contributed by atoms with E-state index < -0.39 is 0 Å². The molecule has 4 heterocycles. The minimum atomic E-state index is 0.365. The van der Waals surface area contributed by atoms with Crippen molar-refractivity contribution in [2.24, 2.45) is 7.05 Å². The molecule has 0 spiro atoms. The Kier molecular flexibility index (Phi) is 2.95. The lowest BCUT2D eigenvalue weighted by Gasteiger charge is -2.16. The molecule has 8 heteroatoms. The average molecular weight is 298 g/mol. The summed E-state index contributed by atoms with van der Waals surface area (Å²) in [5.74, 6) is 2.67. The molecular weight excluding hydrogens is 280 g/mol. The Balaban J connectivity index is 1.48. The molecule has 3 aromatic rings. The van der Waals surface area contributed by atoms with E-state index in [9.17, 15) is 0 Å². The summed E-state index contributed by atoms with van der Waals surface area (Å²) in [4.78, 5) is 2.29. The van der Waals surface area contributed by atoms with Gasteiger partial charge in [0.15, 0.2) is 17.3 Å². The summed E-state index contributed by atoms with van der Waals surface area (Å²) in [7, 11) is 1.94. The smallest absolute Gasteiger partial charge is 0.178 e. The highest BCUT2D eigenvalue weighted by Crippen LogP contribution is 2.20. The van der Waals surface area contributed by atoms with Crippen molar-refractivity contribution in [2.75, 3.05) is 23.3 Å². The van der Waals surface area contributed by atoms with Crippen LogP contribution in [0.3, 0.4) is 0 Å². The van der Waals surface area contributed by atoms with Gasteiger partial charge in [0, 0.05) is 38.4 Å². The lowest BCUT2D eigenvalue weighted by Crippen LogP contribution is -2.26. The minimum Gasteiger partial charge on any atom is -0.364 e. The zero-order valence-electron chi connectivity index (χ0n) is 12.6. The van der Waals surface area contributed by atoms with Gasteiger partial charge in [-0.15, -0.1) is 15.3 Å². The summed E-state index contributed by atoms with van der Waals surface area (Å²) < 4.78 is 3.59. The fraction of sp³-hybridized carbons (Fsp3) is 0.429. The number of fused-ring (bicyclic) bond motifs is 1. The van der Waals surface area contributed by atoms with E-state index in [0.717, 1.165) is 42.6 Å². The first-order chi connectivity index (χ1) is 10.7. The molecular formula is C14H18N8. The zero-order valence-corrected chi connectivity index (χ0v) is 12.6. The van der Waals surface area contributed by atoms with E-state index in [0.29, 0.717) is 6.04 Å². The second-order valence-corrected chi connectivity index (χ2v) is 5.66. The Bertz CT molecular complexity index is 804. The second-order valence-electron chi connectivity index (χ2n) is 5.66. The molecule has 114 valence electrons. The van der Waals surface area contributed by atoms with Gasteiger partial charge in [-0.25, -0.2) is 0 Å². The van der Waals surface area contributed by atoms with Gasteiger partial charge in [0.25, 0.3) is 0 Å². The van der Waals surface area contributed by atoms with Gasteiger partial charge < -0.3 is 10.2 Å². The third kappa shape index (κ3) is 2.26. The number of aromatic nitrogens is 6. The number of anilines is 2. The Hall–Kier alpha value is -2.64. The maximum atomic E-state index is 4.54. The van der Waals surface area contributed by atoms with Crippen LogP contribution in [0.15, 0.2) is 24.4 Å². The fourth-order valence-corrected chi connectivity index (χ4v) is 2.84. The van der Waals surface area contributed by atoms with Crippen LogP contribution in [0.5, 0.6) is 0 Å². The van der Waals surface area contributed by atoms with Gasteiger partial charge in [-0.05, 0) is 25.5 Å². The molecule has 0 amide bonds. The van der Waals surface area contributed by atoms with E-state index in [1.807, 2.05) is 43.0 Å². The maximum Gasteiger partial charge on any atom is 0.178 e. The zero-order chi connectivity index (χ0) is 15.1. The molecule has 0 aliphatic carbocycles. The molecule has 1 N–H and O–H groups in total. The van der Waals surface area contributed by atoms with Gasteiger partial charge in [0.1, 0.15) is 5.82 Å². The topological polar surface area (TPSA) is 76.2 Å². The summed E-state index contributed by atoms with van der Waals surface area (Å²) in [6.45, 7) is 3.83. The lowest BCUT2D eigenvalue weighted by molar-refractivity contribution is 0.751. The van der Waals surface area contributed by atoms with Crippen LogP contribution in [0.4, 0.5) is 11.6 Å². The van der Waals surface area contributed by atoms with Crippen molar-refractivity contribution in [1.29, 1.82) is 0 Å². The number of aryl methyl sites for hydroxylation is 2. The van der Waals surface area contributed by atoms with Gasteiger partial charge in [0.05, 0.1) is 0 Å². The van der Waals surface area contributed by atoms with Gasteiger partial charge in [-0.1, -0.05) is 0 Å². The molecule has 8 nitrogen and oxygen atoms in total. The van der Waals surface area contributed by atoms with E-state index in [1.165, 1.54) is 0 Å².